The molecule has 0 saturated carbocycles. The van der Waals surface area contributed by atoms with Gasteiger partial charge < -0.3 is 5.32 Å². The van der Waals surface area contributed by atoms with E-state index in [-0.39, 0.29) is 18.4 Å². The highest BCUT2D eigenvalue weighted by atomic mass is 16.2. The molecule has 4 nitrogen and oxygen atoms in total. The fourth-order valence-electron chi connectivity index (χ4n) is 2.38. The van der Waals surface area contributed by atoms with Crippen LogP contribution in [0.2, 0.25) is 0 Å². The first kappa shape index (κ1) is 13.6. The standard InChI is InChI=1S/C15H20N2O2/c1-4-13-15(19)16-9-14(18)17(13)12-7-5-6-11(8-12)10(2)3/h5-8,10,13H,4,9H2,1-3H3,(H,16,19). The molecule has 1 atom stereocenters. The fourth-order valence-corrected chi connectivity index (χ4v) is 2.38. The van der Waals surface area contributed by atoms with Gasteiger partial charge in [-0.15, -0.1) is 0 Å². The molecule has 1 saturated heterocycles. The number of carbonyl (C=O) groups is 2. The summed E-state index contributed by atoms with van der Waals surface area (Å²) in [5.41, 5.74) is 1.99. The van der Waals surface area contributed by atoms with Crippen molar-refractivity contribution in [3.63, 3.8) is 0 Å². The highest BCUT2D eigenvalue weighted by Gasteiger charge is 2.34. The molecule has 1 fully saturated rings. The van der Waals surface area contributed by atoms with E-state index in [9.17, 15) is 9.59 Å². The number of amides is 2. The van der Waals surface area contributed by atoms with Crippen LogP contribution in [-0.2, 0) is 9.59 Å². The van der Waals surface area contributed by atoms with Gasteiger partial charge in [0, 0.05) is 5.69 Å². The Kier molecular flexibility index (Phi) is 3.88. The number of nitrogens with one attached hydrogen (secondary N) is 1. The molecule has 1 aromatic carbocycles. The van der Waals surface area contributed by atoms with Gasteiger partial charge in [-0.05, 0) is 30.0 Å². The largest absolute Gasteiger partial charge is 0.345 e. The monoisotopic (exact) mass is 260 g/mol. The Morgan fingerprint density at radius 3 is 2.74 bits per heavy atom. The predicted molar refractivity (Wildman–Crippen MR) is 75.1 cm³/mol. The van der Waals surface area contributed by atoms with Crippen LogP contribution in [-0.4, -0.2) is 24.4 Å². The average molecular weight is 260 g/mol. The van der Waals surface area contributed by atoms with E-state index in [2.05, 4.69) is 19.2 Å². The molecule has 1 N–H and O–H groups in total. The second-order valence-corrected chi connectivity index (χ2v) is 5.16. The smallest absolute Gasteiger partial charge is 0.247 e. The first-order valence-corrected chi connectivity index (χ1v) is 6.74. The van der Waals surface area contributed by atoms with Gasteiger partial charge in [-0.25, -0.2) is 0 Å². The maximum atomic E-state index is 12.1. The number of hydrogen-bond donors (Lipinski definition) is 1. The Morgan fingerprint density at radius 1 is 1.37 bits per heavy atom. The van der Waals surface area contributed by atoms with Crippen molar-refractivity contribution >= 4 is 17.5 Å². The number of hydrogen-bond acceptors (Lipinski definition) is 2. The fraction of sp³-hybridized carbons (Fsp3) is 0.467. The van der Waals surface area contributed by atoms with Crippen molar-refractivity contribution < 1.29 is 9.59 Å². The summed E-state index contributed by atoms with van der Waals surface area (Å²) in [7, 11) is 0. The zero-order valence-corrected chi connectivity index (χ0v) is 11.6. The third kappa shape index (κ3) is 2.62. The van der Waals surface area contributed by atoms with E-state index in [1.165, 1.54) is 5.56 Å². The van der Waals surface area contributed by atoms with E-state index in [1.807, 2.05) is 31.2 Å². The van der Waals surface area contributed by atoms with Crippen LogP contribution in [0.4, 0.5) is 5.69 Å². The normalized spacial score (nSPS) is 19.8. The summed E-state index contributed by atoms with van der Waals surface area (Å²) in [6.45, 7) is 6.23. The lowest BCUT2D eigenvalue weighted by Gasteiger charge is -2.34. The molecule has 0 aromatic heterocycles. The Hall–Kier alpha value is -1.84. The third-order valence-electron chi connectivity index (χ3n) is 3.50. The Balaban J connectivity index is 2.39. The van der Waals surface area contributed by atoms with Crippen LogP contribution >= 0.6 is 0 Å². The van der Waals surface area contributed by atoms with Gasteiger partial charge in [0.25, 0.3) is 0 Å². The summed E-state index contributed by atoms with van der Waals surface area (Å²) >= 11 is 0. The van der Waals surface area contributed by atoms with Crippen LogP contribution in [0, 0.1) is 0 Å². The SMILES string of the molecule is CCC1C(=O)NCC(=O)N1c1cccc(C(C)C)c1. The first-order chi connectivity index (χ1) is 9.04. The van der Waals surface area contributed by atoms with Crippen LogP contribution in [0.25, 0.3) is 0 Å². The van der Waals surface area contributed by atoms with Gasteiger partial charge in [-0.2, -0.15) is 0 Å². The number of benzene rings is 1. The van der Waals surface area contributed by atoms with E-state index >= 15 is 0 Å². The van der Waals surface area contributed by atoms with Gasteiger partial charge in [0.15, 0.2) is 0 Å². The number of rotatable bonds is 3. The highest BCUT2D eigenvalue weighted by molar-refractivity contribution is 6.06. The molecule has 1 aliphatic rings. The third-order valence-corrected chi connectivity index (χ3v) is 3.50. The molecule has 1 heterocycles. The van der Waals surface area contributed by atoms with E-state index in [0.717, 1.165) is 5.69 Å². The molecule has 102 valence electrons. The lowest BCUT2D eigenvalue weighted by Crippen LogP contribution is -2.58. The van der Waals surface area contributed by atoms with Gasteiger partial charge in [0.05, 0.1) is 6.54 Å². The van der Waals surface area contributed by atoms with Crippen LogP contribution in [0.15, 0.2) is 24.3 Å². The zero-order valence-electron chi connectivity index (χ0n) is 11.6. The van der Waals surface area contributed by atoms with Crippen molar-refractivity contribution in [1.29, 1.82) is 0 Å². The number of carbonyl (C=O) groups excluding carboxylic acids is 2. The molecule has 4 heteroatoms. The first-order valence-electron chi connectivity index (χ1n) is 6.74. The maximum Gasteiger partial charge on any atom is 0.247 e. The predicted octanol–water partition coefficient (Wildman–Crippen LogP) is 2.05. The molecule has 2 amide bonds. The van der Waals surface area contributed by atoms with Crippen molar-refractivity contribution in [3.05, 3.63) is 29.8 Å². The molecular formula is C15H20N2O2. The van der Waals surface area contributed by atoms with Crippen LogP contribution in [0.3, 0.4) is 0 Å². The molecule has 0 aliphatic carbocycles. The second-order valence-electron chi connectivity index (χ2n) is 5.16. The van der Waals surface area contributed by atoms with Crippen molar-refractivity contribution in [2.75, 3.05) is 11.4 Å². The van der Waals surface area contributed by atoms with Crippen LogP contribution in [0.5, 0.6) is 0 Å². The van der Waals surface area contributed by atoms with Crippen molar-refractivity contribution in [2.24, 2.45) is 0 Å². The number of anilines is 1. The summed E-state index contributed by atoms with van der Waals surface area (Å²) < 4.78 is 0. The quantitative estimate of drug-likeness (QED) is 0.904. The number of nitrogens with zero attached hydrogens (tertiary/aromatic N) is 1. The van der Waals surface area contributed by atoms with Crippen LogP contribution < -0.4 is 10.2 Å². The highest BCUT2D eigenvalue weighted by Crippen LogP contribution is 2.25. The number of piperazine rings is 1. The molecule has 1 aromatic rings. The van der Waals surface area contributed by atoms with Gasteiger partial charge in [-0.3, -0.25) is 14.5 Å². The van der Waals surface area contributed by atoms with E-state index in [4.69, 9.17) is 0 Å². The molecule has 1 unspecified atom stereocenters. The zero-order chi connectivity index (χ0) is 14.0. The minimum absolute atomic E-state index is 0.0487. The Labute approximate surface area is 113 Å². The molecule has 1 aliphatic heterocycles. The van der Waals surface area contributed by atoms with E-state index in [0.29, 0.717) is 12.3 Å². The van der Waals surface area contributed by atoms with Gasteiger partial charge in [0.1, 0.15) is 6.04 Å². The molecule has 19 heavy (non-hydrogen) atoms. The summed E-state index contributed by atoms with van der Waals surface area (Å²) in [5.74, 6) is 0.276. The Morgan fingerprint density at radius 2 is 2.11 bits per heavy atom. The molecule has 0 radical (unpaired) electrons. The van der Waals surface area contributed by atoms with Gasteiger partial charge in [0.2, 0.25) is 11.8 Å². The lowest BCUT2D eigenvalue weighted by molar-refractivity contribution is -0.131. The van der Waals surface area contributed by atoms with E-state index in [1.54, 1.807) is 4.90 Å². The van der Waals surface area contributed by atoms with Gasteiger partial charge in [-0.1, -0.05) is 32.9 Å². The Bertz CT molecular complexity index is 497. The summed E-state index contributed by atoms with van der Waals surface area (Å²) in [6.07, 6.45) is 0.615. The summed E-state index contributed by atoms with van der Waals surface area (Å²) in [4.78, 5) is 25.6. The van der Waals surface area contributed by atoms with Crippen molar-refractivity contribution in [1.82, 2.24) is 5.32 Å². The lowest BCUT2D eigenvalue weighted by atomic mass is 10.0. The minimum Gasteiger partial charge on any atom is -0.345 e. The average Bonchev–Trinajstić information content (AvgIpc) is 2.41. The van der Waals surface area contributed by atoms with Crippen molar-refractivity contribution in [3.8, 4) is 0 Å². The molecule has 0 bridgehead atoms. The molecule has 2 rings (SSSR count). The van der Waals surface area contributed by atoms with Crippen LogP contribution in [0.1, 0.15) is 38.7 Å². The second kappa shape index (κ2) is 5.43. The van der Waals surface area contributed by atoms with E-state index < -0.39 is 6.04 Å². The maximum absolute atomic E-state index is 12.1. The van der Waals surface area contributed by atoms with Crippen molar-refractivity contribution in [2.45, 2.75) is 39.2 Å². The minimum atomic E-state index is -0.399. The van der Waals surface area contributed by atoms with Gasteiger partial charge >= 0.3 is 0 Å². The topological polar surface area (TPSA) is 49.4 Å². The summed E-state index contributed by atoms with van der Waals surface area (Å²) in [5, 5.41) is 2.64. The molecular weight excluding hydrogens is 240 g/mol. The molecule has 0 spiro atoms. The summed E-state index contributed by atoms with van der Waals surface area (Å²) in [6, 6.07) is 7.49.